The van der Waals surface area contributed by atoms with E-state index in [1.165, 1.54) is 4.88 Å². The lowest BCUT2D eigenvalue weighted by Gasteiger charge is -2.34. The predicted octanol–water partition coefficient (Wildman–Crippen LogP) is 2.81. The van der Waals surface area contributed by atoms with Crippen LogP contribution in [0.25, 0.3) is 0 Å². The highest BCUT2D eigenvalue weighted by Crippen LogP contribution is 2.14. The molecule has 0 radical (unpaired) electrons. The van der Waals surface area contributed by atoms with Crippen molar-refractivity contribution >= 4 is 47.1 Å². The second-order valence-electron chi connectivity index (χ2n) is 6.63. The summed E-state index contributed by atoms with van der Waals surface area (Å²) in [5, 5.41) is 8.84. The highest BCUT2D eigenvalue weighted by atomic mass is 127. The molecule has 3 rings (SSSR count). The number of thiophene rings is 1. The van der Waals surface area contributed by atoms with Crippen molar-refractivity contribution in [2.45, 2.75) is 19.9 Å². The van der Waals surface area contributed by atoms with Gasteiger partial charge in [0.05, 0.1) is 0 Å². The van der Waals surface area contributed by atoms with Gasteiger partial charge in [-0.3, -0.25) is 4.99 Å². The second-order valence-corrected chi connectivity index (χ2v) is 7.66. The predicted molar refractivity (Wildman–Crippen MR) is 130 cm³/mol. The normalized spacial score (nSPS) is 15.2. The number of anilines is 1. The summed E-state index contributed by atoms with van der Waals surface area (Å²) in [6.45, 7) is 9.30. The Balaban J connectivity index is 0.00000280. The Morgan fingerprint density at radius 2 is 2.00 bits per heavy atom. The van der Waals surface area contributed by atoms with Crippen molar-refractivity contribution in [1.82, 2.24) is 20.5 Å². The van der Waals surface area contributed by atoms with Crippen molar-refractivity contribution in [2.75, 3.05) is 51.2 Å². The number of halogens is 1. The van der Waals surface area contributed by atoms with E-state index in [0.29, 0.717) is 0 Å². The lowest BCUT2D eigenvalue weighted by atomic mass is 10.2. The summed E-state index contributed by atoms with van der Waals surface area (Å²) in [6.07, 6.45) is 2.98. The number of rotatable bonds is 7. The third-order valence-electron chi connectivity index (χ3n) is 4.88. The molecule has 0 bridgehead atoms. The Morgan fingerprint density at radius 1 is 1.18 bits per heavy atom. The molecule has 0 atom stereocenters. The topological polar surface area (TPSA) is 55.8 Å². The van der Waals surface area contributed by atoms with E-state index in [1.54, 1.807) is 18.4 Å². The van der Waals surface area contributed by atoms with E-state index >= 15 is 0 Å². The number of aliphatic imine (C=N–C) groups is 1. The van der Waals surface area contributed by atoms with E-state index < -0.39 is 0 Å². The number of hydrogen-bond donors (Lipinski definition) is 2. The first kappa shape index (κ1) is 22.9. The van der Waals surface area contributed by atoms with Crippen LogP contribution in [0.2, 0.25) is 0 Å². The molecule has 1 fully saturated rings. The molecular formula is C20H31IN6S. The number of likely N-dealkylation sites (N-methyl/N-ethyl adjacent to an activating group) is 1. The van der Waals surface area contributed by atoms with Gasteiger partial charge in [-0.25, -0.2) is 4.98 Å². The number of nitrogens with one attached hydrogen (secondary N) is 2. The molecule has 2 aromatic heterocycles. The maximum absolute atomic E-state index is 4.66. The van der Waals surface area contributed by atoms with Crippen LogP contribution in [0.3, 0.4) is 0 Å². The smallest absolute Gasteiger partial charge is 0.191 e. The fourth-order valence-electron chi connectivity index (χ4n) is 3.17. The molecule has 0 unspecified atom stereocenters. The molecule has 0 aromatic carbocycles. The van der Waals surface area contributed by atoms with E-state index in [2.05, 4.69) is 67.0 Å². The molecule has 3 heterocycles. The quantitative estimate of drug-likeness (QED) is 0.338. The summed E-state index contributed by atoms with van der Waals surface area (Å²) < 4.78 is 0. The Labute approximate surface area is 189 Å². The number of nitrogens with zero attached hydrogens (tertiary/aromatic N) is 4. The first-order chi connectivity index (χ1) is 13.3. The van der Waals surface area contributed by atoms with Crippen LogP contribution in [0.5, 0.6) is 0 Å². The third kappa shape index (κ3) is 6.89. The average Bonchev–Trinajstić information content (AvgIpc) is 3.24. The van der Waals surface area contributed by atoms with Crippen molar-refractivity contribution in [1.29, 1.82) is 0 Å². The van der Waals surface area contributed by atoms with Gasteiger partial charge in [-0.15, -0.1) is 35.3 Å². The minimum atomic E-state index is 0. The number of hydrogen-bond acceptors (Lipinski definition) is 5. The molecule has 154 valence electrons. The van der Waals surface area contributed by atoms with Gasteiger partial charge in [-0.1, -0.05) is 19.1 Å². The summed E-state index contributed by atoms with van der Waals surface area (Å²) in [4.78, 5) is 15.2. The van der Waals surface area contributed by atoms with Gasteiger partial charge in [0.1, 0.15) is 5.82 Å². The Kier molecular flexibility index (Phi) is 10.0. The number of aromatic nitrogens is 1. The van der Waals surface area contributed by atoms with E-state index in [1.807, 2.05) is 6.20 Å². The molecule has 1 saturated heterocycles. The summed E-state index contributed by atoms with van der Waals surface area (Å²) in [5.74, 6) is 1.90. The maximum Gasteiger partial charge on any atom is 0.191 e. The average molecular weight is 514 g/mol. The van der Waals surface area contributed by atoms with E-state index in [0.717, 1.165) is 69.6 Å². The third-order valence-corrected chi connectivity index (χ3v) is 5.82. The molecule has 1 aliphatic rings. The number of pyridine rings is 1. The van der Waals surface area contributed by atoms with Crippen LogP contribution in [-0.4, -0.2) is 62.2 Å². The summed E-state index contributed by atoms with van der Waals surface area (Å²) in [7, 11) is 1.80. The highest BCUT2D eigenvalue weighted by Gasteiger charge is 2.16. The van der Waals surface area contributed by atoms with Gasteiger partial charge in [0.25, 0.3) is 0 Å². The van der Waals surface area contributed by atoms with Crippen LogP contribution in [0, 0.1) is 0 Å². The maximum atomic E-state index is 4.66. The Bertz CT molecular complexity index is 696. The van der Waals surface area contributed by atoms with E-state index in [4.69, 9.17) is 0 Å². The van der Waals surface area contributed by atoms with Crippen LogP contribution in [0.1, 0.15) is 17.4 Å². The highest BCUT2D eigenvalue weighted by molar-refractivity contribution is 14.0. The molecule has 0 aliphatic carbocycles. The van der Waals surface area contributed by atoms with Crippen LogP contribution in [0.15, 0.2) is 40.8 Å². The van der Waals surface area contributed by atoms with Gasteiger partial charge < -0.3 is 20.4 Å². The minimum absolute atomic E-state index is 0. The van der Waals surface area contributed by atoms with Crippen molar-refractivity contribution < 1.29 is 0 Å². The minimum Gasteiger partial charge on any atom is -0.356 e. The standard InChI is InChI=1S/C20H30N6S.HI/c1-3-25-10-12-26(13-11-25)19-7-6-17(15-23-19)16-24-20(21-2)22-9-8-18-5-4-14-27-18;/h4-7,14-15H,3,8-13,16H2,1-2H3,(H2,21,22,24);1H. The van der Waals surface area contributed by atoms with Crippen LogP contribution in [0.4, 0.5) is 5.82 Å². The molecule has 0 amide bonds. The fourth-order valence-corrected chi connectivity index (χ4v) is 3.88. The zero-order valence-corrected chi connectivity index (χ0v) is 19.9. The Morgan fingerprint density at radius 3 is 2.61 bits per heavy atom. The molecule has 1 aliphatic heterocycles. The Hall–Kier alpha value is -1.39. The van der Waals surface area contributed by atoms with Gasteiger partial charge >= 0.3 is 0 Å². The van der Waals surface area contributed by atoms with E-state index in [9.17, 15) is 0 Å². The summed E-state index contributed by atoms with van der Waals surface area (Å²) in [5.41, 5.74) is 1.16. The summed E-state index contributed by atoms with van der Waals surface area (Å²) in [6, 6.07) is 8.54. The van der Waals surface area contributed by atoms with Gasteiger partial charge in [-0.05, 0) is 36.0 Å². The largest absolute Gasteiger partial charge is 0.356 e. The molecule has 0 spiro atoms. The van der Waals surface area contributed by atoms with Gasteiger partial charge in [0.2, 0.25) is 0 Å². The zero-order valence-electron chi connectivity index (χ0n) is 16.7. The molecule has 8 heteroatoms. The second kappa shape index (κ2) is 12.2. The fraction of sp³-hybridized carbons (Fsp3) is 0.500. The summed E-state index contributed by atoms with van der Waals surface area (Å²) >= 11 is 1.79. The lowest BCUT2D eigenvalue weighted by molar-refractivity contribution is 0.270. The molecule has 28 heavy (non-hydrogen) atoms. The van der Waals surface area contributed by atoms with Crippen molar-refractivity contribution in [2.24, 2.45) is 4.99 Å². The SMILES string of the molecule is CCN1CCN(c2ccc(CNC(=NC)NCCc3cccs3)cn2)CC1.I. The van der Waals surface area contributed by atoms with Crippen molar-refractivity contribution in [3.8, 4) is 0 Å². The van der Waals surface area contributed by atoms with Gasteiger partial charge in [0, 0.05) is 57.4 Å². The first-order valence-electron chi connectivity index (χ1n) is 9.67. The molecular weight excluding hydrogens is 483 g/mol. The molecule has 6 nitrogen and oxygen atoms in total. The van der Waals surface area contributed by atoms with Gasteiger partial charge in [0.15, 0.2) is 5.96 Å². The first-order valence-corrected chi connectivity index (χ1v) is 10.6. The molecule has 0 saturated carbocycles. The van der Waals surface area contributed by atoms with Crippen LogP contribution >= 0.6 is 35.3 Å². The van der Waals surface area contributed by atoms with Crippen molar-refractivity contribution in [3.05, 3.63) is 46.3 Å². The van der Waals surface area contributed by atoms with Gasteiger partial charge in [-0.2, -0.15) is 0 Å². The monoisotopic (exact) mass is 514 g/mol. The number of piperazine rings is 1. The molecule has 2 aromatic rings. The van der Waals surface area contributed by atoms with Crippen LogP contribution in [-0.2, 0) is 13.0 Å². The molecule has 2 N–H and O–H groups in total. The van der Waals surface area contributed by atoms with Crippen LogP contribution < -0.4 is 15.5 Å². The zero-order chi connectivity index (χ0) is 18.9. The van der Waals surface area contributed by atoms with Crippen molar-refractivity contribution in [3.63, 3.8) is 0 Å². The van der Waals surface area contributed by atoms with E-state index in [-0.39, 0.29) is 24.0 Å². The number of guanidine groups is 1. The lowest BCUT2D eigenvalue weighted by Crippen LogP contribution is -2.46.